The molecule has 0 spiro atoms. The van der Waals surface area contributed by atoms with E-state index in [9.17, 15) is 9.59 Å². The minimum absolute atomic E-state index is 0.0239. The van der Waals surface area contributed by atoms with Gasteiger partial charge in [-0.3, -0.25) is 9.59 Å². The molecule has 6 nitrogen and oxygen atoms in total. The highest BCUT2D eigenvalue weighted by Gasteiger charge is 2.45. The van der Waals surface area contributed by atoms with E-state index in [0.717, 1.165) is 11.3 Å². The molecular weight excluding hydrogens is 374 g/mol. The number of carbonyl (C=O) groups excluding carboxylic acids is 2. The Bertz CT molecular complexity index is 696. The van der Waals surface area contributed by atoms with E-state index in [1.165, 1.54) is 6.92 Å². The van der Waals surface area contributed by atoms with Crippen LogP contribution in [0, 0.1) is 0 Å². The minimum Gasteiger partial charge on any atom is -0.497 e. The fraction of sp³-hybridized carbons (Fsp3) is 0.619. The zero-order chi connectivity index (χ0) is 21.1. The number of piperidine rings is 1. The predicted octanol–water partition coefficient (Wildman–Crippen LogP) is 4.10. The monoisotopic (exact) mass is 407 g/mol. The maximum atomic E-state index is 12.7. The topological polar surface area (TPSA) is 65.1 Å². The van der Waals surface area contributed by atoms with Crippen LogP contribution in [0.4, 0.5) is 0 Å². The first-order chi connectivity index (χ1) is 12.9. The summed E-state index contributed by atoms with van der Waals surface area (Å²) in [6.45, 7) is 12.6. The van der Waals surface area contributed by atoms with Gasteiger partial charge in [-0.25, -0.2) is 0 Å². The number of nitrogens with zero attached hydrogens (tertiary/aromatic N) is 1. The van der Waals surface area contributed by atoms with Crippen LogP contribution in [0.25, 0.3) is 0 Å². The fourth-order valence-electron chi connectivity index (χ4n) is 2.98. The van der Waals surface area contributed by atoms with Crippen LogP contribution in [0.2, 0.25) is 18.1 Å². The largest absolute Gasteiger partial charge is 0.497 e. The van der Waals surface area contributed by atoms with Gasteiger partial charge in [0.1, 0.15) is 11.9 Å². The highest BCUT2D eigenvalue weighted by Crippen LogP contribution is 2.39. The maximum absolute atomic E-state index is 12.7. The number of hydrogen-bond acceptors (Lipinski definition) is 5. The molecule has 2 atom stereocenters. The predicted molar refractivity (Wildman–Crippen MR) is 110 cm³/mol. The van der Waals surface area contributed by atoms with E-state index < -0.39 is 20.5 Å². The van der Waals surface area contributed by atoms with Crippen molar-refractivity contribution < 1.29 is 23.5 Å². The van der Waals surface area contributed by atoms with Crippen molar-refractivity contribution in [3.63, 3.8) is 0 Å². The summed E-state index contributed by atoms with van der Waals surface area (Å²) in [7, 11) is -0.473. The third-order valence-electron chi connectivity index (χ3n) is 5.64. The lowest BCUT2D eigenvalue weighted by Crippen LogP contribution is -2.57. The molecule has 156 valence electrons. The SMILES string of the molecule is COc1ccc(CN2C(=O)CC[C@H](O[Si](C)(C)C(C)(C)C)C2OC(C)=O)cc1. The van der Waals surface area contributed by atoms with E-state index in [2.05, 4.69) is 33.9 Å². The number of benzene rings is 1. The van der Waals surface area contributed by atoms with E-state index in [1.807, 2.05) is 24.3 Å². The zero-order valence-corrected chi connectivity index (χ0v) is 19.1. The lowest BCUT2D eigenvalue weighted by Gasteiger charge is -2.45. The molecule has 0 N–H and O–H groups in total. The summed E-state index contributed by atoms with van der Waals surface area (Å²) < 4.78 is 17.4. The highest BCUT2D eigenvalue weighted by molar-refractivity contribution is 6.74. The summed E-state index contributed by atoms with van der Waals surface area (Å²) in [6.07, 6.45) is -0.0917. The molecule has 0 bridgehead atoms. The molecule has 1 aromatic rings. The van der Waals surface area contributed by atoms with Crippen LogP contribution >= 0.6 is 0 Å². The van der Waals surface area contributed by atoms with Crippen molar-refractivity contribution in [2.24, 2.45) is 0 Å². The van der Waals surface area contributed by atoms with E-state index in [4.69, 9.17) is 13.9 Å². The first-order valence-corrected chi connectivity index (χ1v) is 12.6. The molecule has 0 radical (unpaired) electrons. The number of methoxy groups -OCH3 is 1. The van der Waals surface area contributed by atoms with Crippen molar-refractivity contribution in [2.75, 3.05) is 7.11 Å². The Morgan fingerprint density at radius 1 is 1.21 bits per heavy atom. The van der Waals surface area contributed by atoms with Crippen LogP contribution in [0.1, 0.15) is 46.1 Å². The van der Waals surface area contributed by atoms with Gasteiger partial charge in [-0.05, 0) is 42.2 Å². The number of rotatable bonds is 6. The third-order valence-corrected chi connectivity index (χ3v) is 10.1. The molecule has 0 aromatic heterocycles. The summed E-state index contributed by atoms with van der Waals surface area (Å²) in [6, 6.07) is 7.53. The van der Waals surface area contributed by atoms with Gasteiger partial charge in [-0.2, -0.15) is 0 Å². The van der Waals surface area contributed by atoms with Crippen molar-refractivity contribution in [3.05, 3.63) is 29.8 Å². The zero-order valence-electron chi connectivity index (χ0n) is 18.1. The second-order valence-electron chi connectivity index (χ2n) is 8.82. The number of ether oxygens (including phenoxy) is 2. The van der Waals surface area contributed by atoms with Gasteiger partial charge in [0.2, 0.25) is 12.1 Å². The smallest absolute Gasteiger partial charge is 0.304 e. The molecule has 1 unspecified atom stereocenters. The normalized spacial score (nSPS) is 20.8. The molecule has 1 aliphatic heterocycles. The van der Waals surface area contributed by atoms with Gasteiger partial charge in [0.25, 0.3) is 0 Å². The molecule has 1 heterocycles. The van der Waals surface area contributed by atoms with E-state index in [-0.39, 0.29) is 17.0 Å². The summed E-state index contributed by atoms with van der Waals surface area (Å²) in [5.74, 6) is 0.310. The molecule has 1 fully saturated rings. The molecule has 1 aliphatic rings. The first-order valence-electron chi connectivity index (χ1n) is 9.72. The summed E-state index contributed by atoms with van der Waals surface area (Å²) in [4.78, 5) is 26.1. The summed E-state index contributed by atoms with van der Waals surface area (Å²) in [5, 5.41) is 0.0239. The Balaban J connectivity index is 2.27. The second kappa shape index (κ2) is 8.65. The quantitative estimate of drug-likeness (QED) is 0.525. The third kappa shape index (κ3) is 5.35. The van der Waals surface area contributed by atoms with Gasteiger partial charge in [-0.1, -0.05) is 32.9 Å². The minimum atomic E-state index is -2.09. The van der Waals surface area contributed by atoms with Crippen LogP contribution in [0.15, 0.2) is 24.3 Å². The lowest BCUT2D eigenvalue weighted by molar-refractivity contribution is -0.183. The number of amides is 1. The van der Waals surface area contributed by atoms with Gasteiger partial charge >= 0.3 is 5.97 Å². The van der Waals surface area contributed by atoms with E-state index in [1.54, 1.807) is 12.0 Å². The Hall–Kier alpha value is -1.86. The van der Waals surface area contributed by atoms with Gasteiger partial charge in [0.15, 0.2) is 8.32 Å². The van der Waals surface area contributed by atoms with E-state index >= 15 is 0 Å². The Kier molecular flexibility index (Phi) is 6.93. The van der Waals surface area contributed by atoms with Gasteiger partial charge in [-0.15, -0.1) is 0 Å². The van der Waals surface area contributed by atoms with Crippen molar-refractivity contribution in [1.82, 2.24) is 4.90 Å². The molecule has 1 amide bonds. The summed E-state index contributed by atoms with van der Waals surface area (Å²) >= 11 is 0. The number of hydrogen-bond donors (Lipinski definition) is 0. The van der Waals surface area contributed by atoms with Gasteiger partial charge in [0, 0.05) is 19.9 Å². The van der Waals surface area contributed by atoms with Crippen LogP contribution in [-0.4, -0.2) is 44.5 Å². The number of carbonyl (C=O) groups is 2. The van der Waals surface area contributed by atoms with Crippen molar-refractivity contribution in [3.8, 4) is 5.75 Å². The maximum Gasteiger partial charge on any atom is 0.304 e. The number of esters is 1. The Morgan fingerprint density at radius 3 is 2.32 bits per heavy atom. The average Bonchev–Trinajstić information content (AvgIpc) is 2.59. The van der Waals surface area contributed by atoms with Crippen LogP contribution in [0.5, 0.6) is 5.75 Å². The van der Waals surface area contributed by atoms with Crippen LogP contribution < -0.4 is 4.74 Å². The number of likely N-dealkylation sites (tertiary alicyclic amines) is 1. The lowest BCUT2D eigenvalue weighted by atomic mass is 10.0. The van der Waals surface area contributed by atoms with E-state index in [0.29, 0.717) is 19.4 Å². The molecule has 1 aromatic carbocycles. The molecular formula is C21H33NO5Si. The van der Waals surface area contributed by atoms with Gasteiger partial charge in [0.05, 0.1) is 7.11 Å². The Labute approximate surface area is 169 Å². The summed E-state index contributed by atoms with van der Waals surface area (Å²) in [5.41, 5.74) is 0.944. The molecule has 2 rings (SSSR count). The van der Waals surface area contributed by atoms with Crippen LogP contribution in [-0.2, 0) is 25.3 Å². The van der Waals surface area contributed by atoms with Crippen molar-refractivity contribution in [2.45, 2.75) is 77.5 Å². The molecule has 7 heteroatoms. The standard InChI is InChI=1S/C21H33NO5Si/c1-15(23)26-20-18(27-28(6,7)21(2,3)4)12-13-19(24)22(20)14-16-8-10-17(25-5)11-9-16/h8-11,18,20H,12-14H2,1-7H3/t18-,20?/m0/s1. The average molecular weight is 408 g/mol. The van der Waals surface area contributed by atoms with Crippen molar-refractivity contribution >= 4 is 20.2 Å². The van der Waals surface area contributed by atoms with Gasteiger partial charge < -0.3 is 18.8 Å². The molecule has 0 aliphatic carbocycles. The fourth-order valence-corrected chi connectivity index (χ4v) is 4.33. The highest BCUT2D eigenvalue weighted by atomic mass is 28.4. The van der Waals surface area contributed by atoms with Crippen molar-refractivity contribution in [1.29, 1.82) is 0 Å². The second-order valence-corrected chi connectivity index (χ2v) is 13.6. The first kappa shape index (κ1) is 22.4. The van der Waals surface area contributed by atoms with Crippen LogP contribution in [0.3, 0.4) is 0 Å². The molecule has 28 heavy (non-hydrogen) atoms. The Morgan fingerprint density at radius 2 is 1.82 bits per heavy atom. The molecule has 0 saturated carbocycles. The molecule has 1 saturated heterocycles.